The van der Waals surface area contributed by atoms with E-state index in [0.717, 1.165) is 19.3 Å². The fourth-order valence-corrected chi connectivity index (χ4v) is 4.88. The normalized spacial score (nSPS) is 53.5. The van der Waals surface area contributed by atoms with E-state index in [4.69, 9.17) is 10.8 Å². The molecule has 0 aromatic carbocycles. The quantitative estimate of drug-likeness (QED) is 0.766. The minimum Gasteiger partial charge on any atom is -0.481 e. The number of carbonyl (C=O) groups is 1. The molecule has 3 aliphatic rings. The van der Waals surface area contributed by atoms with Gasteiger partial charge in [-0.15, -0.1) is 0 Å². The van der Waals surface area contributed by atoms with Gasteiger partial charge in [0.25, 0.3) is 0 Å². The van der Waals surface area contributed by atoms with Crippen molar-refractivity contribution in [3.63, 3.8) is 0 Å². The van der Waals surface area contributed by atoms with E-state index in [1.54, 1.807) is 0 Å². The fourth-order valence-electron chi connectivity index (χ4n) is 4.88. The van der Waals surface area contributed by atoms with Crippen LogP contribution >= 0.6 is 0 Å². The van der Waals surface area contributed by atoms with E-state index >= 15 is 0 Å². The first-order chi connectivity index (χ1) is 7.60. The van der Waals surface area contributed by atoms with Crippen LogP contribution in [0.4, 0.5) is 4.39 Å². The number of fused-ring (bicyclic) bond motifs is 1. The molecule has 3 fully saturated rings. The summed E-state index contributed by atoms with van der Waals surface area (Å²) in [6.07, 6.45) is 2.23. The molecule has 3 nitrogen and oxygen atoms in total. The standard InChI is InChI=1S/C12H18FNO2/c13-11-6-1-2-7-10(11)8(3-6)12(7,5-14)4-9(15)16/h6-8,10-11H,1-5,14H2,(H,15,16)/t6?,7?,8-,10-,11-,12-/m0/s1. The van der Waals surface area contributed by atoms with Crippen LogP contribution in [0.25, 0.3) is 0 Å². The van der Waals surface area contributed by atoms with E-state index in [2.05, 4.69) is 0 Å². The summed E-state index contributed by atoms with van der Waals surface area (Å²) in [7, 11) is 0. The molecule has 0 spiro atoms. The molecule has 3 saturated carbocycles. The Balaban J connectivity index is 1.90. The minimum absolute atomic E-state index is 0.127. The van der Waals surface area contributed by atoms with Gasteiger partial charge in [0, 0.05) is 0 Å². The lowest BCUT2D eigenvalue weighted by Crippen LogP contribution is -2.61. The van der Waals surface area contributed by atoms with Crippen molar-refractivity contribution in [2.45, 2.75) is 31.9 Å². The number of hydrogen-bond donors (Lipinski definition) is 2. The van der Waals surface area contributed by atoms with Gasteiger partial charge in [0.15, 0.2) is 0 Å². The van der Waals surface area contributed by atoms with Crippen molar-refractivity contribution in [1.29, 1.82) is 0 Å². The maximum atomic E-state index is 13.9. The van der Waals surface area contributed by atoms with Gasteiger partial charge in [0.05, 0.1) is 6.42 Å². The molecule has 0 aromatic heterocycles. The summed E-state index contributed by atoms with van der Waals surface area (Å²) in [6, 6.07) is 0. The van der Waals surface area contributed by atoms with Gasteiger partial charge in [-0.1, -0.05) is 0 Å². The second kappa shape index (κ2) is 3.19. The first-order valence-electron chi connectivity index (χ1n) is 6.16. The molecule has 90 valence electrons. The molecule has 3 N–H and O–H groups in total. The van der Waals surface area contributed by atoms with E-state index in [9.17, 15) is 9.18 Å². The average molecular weight is 227 g/mol. The summed E-state index contributed by atoms with van der Waals surface area (Å²) in [5.41, 5.74) is 5.53. The molecule has 3 aliphatic carbocycles. The highest BCUT2D eigenvalue weighted by atomic mass is 19.1. The summed E-state index contributed by atoms with van der Waals surface area (Å²) < 4.78 is 13.9. The third-order valence-electron chi connectivity index (χ3n) is 5.49. The molecule has 0 heterocycles. The van der Waals surface area contributed by atoms with Gasteiger partial charge in [-0.05, 0) is 54.9 Å². The summed E-state index contributed by atoms with van der Waals surface area (Å²) in [5.74, 6) is -0.00164. The smallest absolute Gasteiger partial charge is 0.303 e. The summed E-state index contributed by atoms with van der Waals surface area (Å²) in [6.45, 7) is 0.407. The molecule has 6 atom stereocenters. The van der Waals surface area contributed by atoms with Gasteiger partial charge in [0.2, 0.25) is 0 Å². The largest absolute Gasteiger partial charge is 0.481 e. The van der Waals surface area contributed by atoms with Crippen molar-refractivity contribution in [2.75, 3.05) is 6.54 Å². The maximum Gasteiger partial charge on any atom is 0.303 e. The Hall–Kier alpha value is -0.640. The first kappa shape index (κ1) is 10.5. The van der Waals surface area contributed by atoms with Gasteiger partial charge in [-0.2, -0.15) is 0 Å². The lowest BCUT2D eigenvalue weighted by atomic mass is 9.45. The molecule has 2 unspecified atom stereocenters. The number of carboxylic acids is 1. The minimum atomic E-state index is -0.783. The Morgan fingerprint density at radius 3 is 2.81 bits per heavy atom. The topological polar surface area (TPSA) is 63.3 Å². The van der Waals surface area contributed by atoms with Crippen LogP contribution in [0, 0.1) is 29.1 Å². The average Bonchev–Trinajstić information content (AvgIpc) is 2.44. The van der Waals surface area contributed by atoms with E-state index in [1.165, 1.54) is 0 Å². The van der Waals surface area contributed by atoms with Crippen LogP contribution in [-0.2, 0) is 4.79 Å². The van der Waals surface area contributed by atoms with Crippen LogP contribution in [-0.4, -0.2) is 23.8 Å². The molecule has 0 aliphatic heterocycles. The lowest BCUT2D eigenvalue weighted by molar-refractivity contribution is -0.163. The summed E-state index contributed by atoms with van der Waals surface area (Å²) in [5, 5.41) is 9.01. The number of aliphatic carboxylic acids is 1. The van der Waals surface area contributed by atoms with Gasteiger partial charge < -0.3 is 10.8 Å². The van der Waals surface area contributed by atoms with Crippen LogP contribution in [0.2, 0.25) is 0 Å². The molecule has 0 radical (unpaired) electrons. The summed E-state index contributed by atoms with van der Waals surface area (Å²) in [4.78, 5) is 11.0. The molecular weight excluding hydrogens is 209 g/mol. The number of alkyl halides is 1. The summed E-state index contributed by atoms with van der Waals surface area (Å²) >= 11 is 0. The van der Waals surface area contributed by atoms with Crippen LogP contribution in [0.15, 0.2) is 0 Å². The second-order valence-corrected chi connectivity index (χ2v) is 5.82. The van der Waals surface area contributed by atoms with Crippen molar-refractivity contribution in [3.05, 3.63) is 0 Å². The highest BCUT2D eigenvalue weighted by Crippen LogP contribution is 2.70. The molecule has 0 amide bonds. The molecule has 0 saturated heterocycles. The van der Waals surface area contributed by atoms with Crippen molar-refractivity contribution >= 4 is 5.97 Å². The Labute approximate surface area is 94.2 Å². The Morgan fingerprint density at radius 2 is 2.19 bits per heavy atom. The highest BCUT2D eigenvalue weighted by molar-refractivity contribution is 5.68. The number of nitrogens with two attached hydrogens (primary N) is 1. The second-order valence-electron chi connectivity index (χ2n) is 5.82. The zero-order valence-corrected chi connectivity index (χ0v) is 9.23. The first-order valence-corrected chi connectivity index (χ1v) is 6.16. The van der Waals surface area contributed by atoms with Crippen LogP contribution in [0.5, 0.6) is 0 Å². The molecule has 16 heavy (non-hydrogen) atoms. The van der Waals surface area contributed by atoms with Crippen molar-refractivity contribution in [2.24, 2.45) is 34.8 Å². The Morgan fingerprint density at radius 1 is 1.44 bits per heavy atom. The third-order valence-corrected chi connectivity index (χ3v) is 5.49. The van der Waals surface area contributed by atoms with E-state index in [1.807, 2.05) is 0 Å². The highest BCUT2D eigenvalue weighted by Gasteiger charge is 2.69. The molecule has 4 heteroatoms. The van der Waals surface area contributed by atoms with Gasteiger partial charge >= 0.3 is 5.97 Å². The zero-order chi connectivity index (χ0) is 11.5. The predicted octanol–water partition coefficient (Wildman–Crippen LogP) is 1.42. The predicted molar refractivity (Wildman–Crippen MR) is 56.4 cm³/mol. The number of halogens is 1. The van der Waals surface area contributed by atoms with Gasteiger partial charge in [-0.25, -0.2) is 4.39 Å². The lowest BCUT2D eigenvalue weighted by Gasteiger charge is -2.59. The van der Waals surface area contributed by atoms with Crippen molar-refractivity contribution < 1.29 is 14.3 Å². The molecule has 0 aromatic rings. The fraction of sp³-hybridized carbons (Fsp3) is 0.917. The Kier molecular flexibility index (Phi) is 2.09. The van der Waals surface area contributed by atoms with Gasteiger partial charge in [0.1, 0.15) is 6.17 Å². The van der Waals surface area contributed by atoms with Gasteiger partial charge in [-0.3, -0.25) is 4.79 Å². The maximum absolute atomic E-state index is 13.9. The van der Waals surface area contributed by atoms with Crippen molar-refractivity contribution in [1.82, 2.24) is 0 Å². The number of carboxylic acid groups (broad SMARTS) is 1. The van der Waals surface area contributed by atoms with E-state index in [0.29, 0.717) is 6.54 Å². The SMILES string of the molecule is NC[C@@]1(CC(=O)O)C2CCC3C[C@H]1[C@H]2[C@H]3F. The Bertz CT molecular complexity index is 327. The van der Waals surface area contributed by atoms with Crippen LogP contribution in [0.1, 0.15) is 25.7 Å². The third kappa shape index (κ3) is 1.04. The van der Waals surface area contributed by atoms with Crippen LogP contribution in [0.3, 0.4) is 0 Å². The number of rotatable bonds is 3. The molecular formula is C12H18FNO2. The van der Waals surface area contributed by atoms with E-state index < -0.39 is 12.1 Å². The van der Waals surface area contributed by atoms with Crippen LogP contribution < -0.4 is 5.73 Å². The monoisotopic (exact) mass is 227 g/mol. The molecule has 2 bridgehead atoms. The zero-order valence-electron chi connectivity index (χ0n) is 9.23. The van der Waals surface area contributed by atoms with Crippen molar-refractivity contribution in [3.8, 4) is 0 Å². The number of hydrogen-bond acceptors (Lipinski definition) is 2. The molecule has 3 rings (SSSR count). The van der Waals surface area contributed by atoms with E-state index in [-0.39, 0.29) is 35.5 Å².